The van der Waals surface area contributed by atoms with Gasteiger partial charge in [0.05, 0.1) is 0 Å². The lowest BCUT2D eigenvalue weighted by Crippen LogP contribution is -2.16. The van der Waals surface area contributed by atoms with Crippen molar-refractivity contribution in [1.82, 2.24) is 0 Å². The van der Waals surface area contributed by atoms with Crippen molar-refractivity contribution in [2.45, 2.75) is 73.1 Å². The summed E-state index contributed by atoms with van der Waals surface area (Å²) in [5, 5.41) is 19.6. The smallest absolute Gasteiger partial charge is 0.123 e. The third kappa shape index (κ3) is 5.52. The molecule has 0 radical (unpaired) electrons. The molecule has 0 spiro atoms. The summed E-state index contributed by atoms with van der Waals surface area (Å²) in [5.41, 5.74) is 5.14. The van der Waals surface area contributed by atoms with Crippen molar-refractivity contribution in [2.24, 2.45) is 0 Å². The highest BCUT2D eigenvalue weighted by Gasteiger charge is 2.24. The normalized spacial score (nSPS) is 11.7. The molecule has 2 aromatic carbocycles. The van der Waals surface area contributed by atoms with Crippen LogP contribution in [0.25, 0.3) is 0 Å². The Morgan fingerprint density at radius 2 is 1.00 bits per heavy atom. The molecule has 2 heteroatoms. The molecule has 2 N–H and O–H groups in total. The first-order valence-corrected chi connectivity index (χ1v) is 8.85. The van der Waals surface area contributed by atoms with E-state index in [9.17, 15) is 10.2 Å². The lowest BCUT2D eigenvalue weighted by Gasteiger charge is -2.26. The van der Waals surface area contributed by atoms with Gasteiger partial charge in [-0.3, -0.25) is 0 Å². The summed E-state index contributed by atoms with van der Waals surface area (Å²) in [5.74, 6) is 0.878. The van der Waals surface area contributed by atoms with Crippen molar-refractivity contribution in [2.75, 3.05) is 0 Å². The third-order valence-electron chi connectivity index (χ3n) is 4.29. The number of hydrogen-bond donors (Lipinski definition) is 2. The molecule has 138 valence electrons. The zero-order valence-corrected chi connectivity index (χ0v) is 17.3. The summed E-state index contributed by atoms with van der Waals surface area (Å²) in [6.07, 6.45) is 0. The summed E-state index contributed by atoms with van der Waals surface area (Å²) in [6, 6.07) is 9.99. The zero-order valence-electron chi connectivity index (χ0n) is 17.3. The molecule has 0 aliphatic carbocycles. The summed E-state index contributed by atoms with van der Waals surface area (Å²) in [4.78, 5) is 0. The van der Waals surface area contributed by atoms with Gasteiger partial charge in [-0.1, -0.05) is 77.4 Å². The molecule has 0 aliphatic heterocycles. The van der Waals surface area contributed by atoms with Gasteiger partial charge in [0.25, 0.3) is 0 Å². The first kappa shape index (κ1) is 21.1. The lowest BCUT2D eigenvalue weighted by molar-refractivity contribution is 0.423. The van der Waals surface area contributed by atoms with Gasteiger partial charge in [0.2, 0.25) is 0 Å². The van der Waals surface area contributed by atoms with Crippen LogP contribution in [0, 0.1) is 20.8 Å². The Kier molecular flexibility index (Phi) is 6.33. The minimum absolute atomic E-state index is 0.00859. The monoisotopic (exact) mass is 342 g/mol. The second-order valence-electron chi connectivity index (χ2n) is 8.95. The van der Waals surface area contributed by atoms with Crippen LogP contribution in [-0.2, 0) is 10.8 Å². The first-order valence-electron chi connectivity index (χ1n) is 8.85. The molecule has 0 unspecified atom stereocenters. The first-order chi connectivity index (χ1) is 11.2. The number of hydrogen-bond acceptors (Lipinski definition) is 2. The van der Waals surface area contributed by atoms with E-state index in [0.29, 0.717) is 11.5 Å². The summed E-state index contributed by atoms with van der Waals surface area (Å²) < 4.78 is 0. The van der Waals surface area contributed by atoms with E-state index in [2.05, 4.69) is 41.5 Å². The SMILES string of the molecule is CC(C)(C)c1cccc(C(C)(C)C)c1O.Cc1cc(C)c(O)c(C)c1. The van der Waals surface area contributed by atoms with Crippen LogP contribution < -0.4 is 0 Å². The maximum Gasteiger partial charge on any atom is 0.123 e. The Hall–Kier alpha value is -1.96. The fourth-order valence-electron chi connectivity index (χ4n) is 2.93. The minimum atomic E-state index is -0.00859. The maximum atomic E-state index is 10.3. The Bertz CT molecular complexity index is 673. The van der Waals surface area contributed by atoms with Crippen LogP contribution in [-0.4, -0.2) is 10.2 Å². The number of aryl methyl sites for hydroxylation is 3. The highest BCUT2D eigenvalue weighted by molar-refractivity contribution is 5.47. The zero-order chi connectivity index (χ0) is 19.6. The topological polar surface area (TPSA) is 40.5 Å². The molecule has 0 bridgehead atoms. The average Bonchev–Trinajstić information content (AvgIpc) is 2.43. The highest BCUT2D eigenvalue weighted by atomic mass is 16.3. The van der Waals surface area contributed by atoms with Crippen LogP contribution >= 0.6 is 0 Å². The van der Waals surface area contributed by atoms with E-state index in [0.717, 1.165) is 22.3 Å². The van der Waals surface area contributed by atoms with Gasteiger partial charge in [-0.05, 0) is 53.9 Å². The molecule has 0 atom stereocenters. The molecule has 0 aromatic heterocycles. The largest absolute Gasteiger partial charge is 0.507 e. The standard InChI is InChI=1S/C14H22O.C9H12O/c1-13(2,3)10-8-7-9-11(12(10)15)14(4,5)6;1-6-4-7(2)9(10)8(3)5-6/h7-9,15H,1-6H3;4-5,10H,1-3H3. The highest BCUT2D eigenvalue weighted by Crippen LogP contribution is 2.38. The summed E-state index contributed by atoms with van der Waals surface area (Å²) in [7, 11) is 0. The van der Waals surface area contributed by atoms with Crippen LogP contribution in [0.4, 0.5) is 0 Å². The van der Waals surface area contributed by atoms with Crippen LogP contribution in [0.1, 0.15) is 69.4 Å². The predicted molar refractivity (Wildman–Crippen MR) is 108 cm³/mol. The second-order valence-corrected chi connectivity index (χ2v) is 8.95. The van der Waals surface area contributed by atoms with E-state index in [-0.39, 0.29) is 10.8 Å². The number of phenols is 2. The number of rotatable bonds is 0. The molecule has 0 amide bonds. The van der Waals surface area contributed by atoms with Gasteiger partial charge >= 0.3 is 0 Å². The Morgan fingerprint density at radius 3 is 1.32 bits per heavy atom. The van der Waals surface area contributed by atoms with Gasteiger partial charge in [0.1, 0.15) is 11.5 Å². The Labute approximate surface area is 153 Å². The molecule has 25 heavy (non-hydrogen) atoms. The van der Waals surface area contributed by atoms with Crippen molar-refractivity contribution in [3.05, 3.63) is 58.1 Å². The molecule has 0 heterocycles. The van der Waals surface area contributed by atoms with Gasteiger partial charge in [-0.2, -0.15) is 0 Å². The van der Waals surface area contributed by atoms with Crippen molar-refractivity contribution < 1.29 is 10.2 Å². The lowest BCUT2D eigenvalue weighted by atomic mass is 9.80. The molecule has 2 aromatic rings. The Balaban J connectivity index is 0.000000271. The fourth-order valence-corrected chi connectivity index (χ4v) is 2.93. The number of phenolic OH excluding ortho intramolecular Hbond substituents is 2. The molecule has 0 aliphatic rings. The predicted octanol–water partition coefficient (Wildman–Crippen LogP) is 6.30. The van der Waals surface area contributed by atoms with E-state index in [1.54, 1.807) is 0 Å². The molecule has 0 fully saturated rings. The second kappa shape index (κ2) is 7.51. The fraction of sp³-hybridized carbons (Fsp3) is 0.478. The maximum absolute atomic E-state index is 10.3. The van der Waals surface area contributed by atoms with Crippen LogP contribution in [0.15, 0.2) is 30.3 Å². The van der Waals surface area contributed by atoms with E-state index in [4.69, 9.17) is 0 Å². The van der Waals surface area contributed by atoms with Crippen molar-refractivity contribution in [1.29, 1.82) is 0 Å². The molecular formula is C23H34O2. The van der Waals surface area contributed by atoms with E-state index in [1.807, 2.05) is 51.1 Å². The molecule has 0 saturated carbocycles. The van der Waals surface area contributed by atoms with Gasteiger partial charge in [0, 0.05) is 0 Å². The quantitative estimate of drug-likeness (QED) is 0.589. The van der Waals surface area contributed by atoms with Crippen LogP contribution in [0.2, 0.25) is 0 Å². The van der Waals surface area contributed by atoms with Gasteiger partial charge in [0.15, 0.2) is 0 Å². The van der Waals surface area contributed by atoms with Crippen LogP contribution in [0.5, 0.6) is 11.5 Å². The summed E-state index contributed by atoms with van der Waals surface area (Å²) in [6.45, 7) is 18.6. The van der Waals surface area contributed by atoms with Crippen molar-refractivity contribution in [3.63, 3.8) is 0 Å². The molecule has 2 nitrogen and oxygen atoms in total. The third-order valence-corrected chi connectivity index (χ3v) is 4.29. The number of para-hydroxylation sites is 1. The van der Waals surface area contributed by atoms with E-state index < -0.39 is 0 Å². The molecule has 0 saturated heterocycles. The minimum Gasteiger partial charge on any atom is -0.507 e. The Morgan fingerprint density at radius 1 is 0.640 bits per heavy atom. The van der Waals surface area contributed by atoms with Crippen molar-refractivity contribution in [3.8, 4) is 11.5 Å². The van der Waals surface area contributed by atoms with Crippen molar-refractivity contribution >= 4 is 0 Å². The van der Waals surface area contributed by atoms with Crippen LogP contribution in [0.3, 0.4) is 0 Å². The summed E-state index contributed by atoms with van der Waals surface area (Å²) >= 11 is 0. The number of benzene rings is 2. The van der Waals surface area contributed by atoms with Gasteiger partial charge in [-0.25, -0.2) is 0 Å². The average molecular weight is 343 g/mol. The van der Waals surface area contributed by atoms with Gasteiger partial charge < -0.3 is 10.2 Å². The van der Waals surface area contributed by atoms with E-state index in [1.165, 1.54) is 5.56 Å². The molecular weight excluding hydrogens is 308 g/mol. The number of aromatic hydroxyl groups is 2. The molecule has 2 rings (SSSR count). The van der Waals surface area contributed by atoms with Gasteiger partial charge in [-0.15, -0.1) is 0 Å². The van der Waals surface area contributed by atoms with E-state index >= 15 is 0 Å².